The minimum Gasteiger partial charge on any atom is -0.489 e. The van der Waals surface area contributed by atoms with Gasteiger partial charge in [0.05, 0.1) is 10.2 Å². The van der Waals surface area contributed by atoms with E-state index in [0.29, 0.717) is 6.10 Å². The molecule has 2 bridgehead atoms. The minimum absolute atomic E-state index is 0.359. The second kappa shape index (κ2) is 6.00. The number of ether oxygens (including phenoxy) is 1. The van der Waals surface area contributed by atoms with E-state index in [9.17, 15) is 0 Å². The van der Waals surface area contributed by atoms with Crippen molar-refractivity contribution >= 4 is 33.2 Å². The molecule has 0 radical (unpaired) electrons. The molecule has 0 aliphatic heterocycles. The number of hydrogen-bond acceptors (Lipinski definition) is 3. The van der Waals surface area contributed by atoms with E-state index in [2.05, 4.69) is 29.4 Å². The fourth-order valence-electron chi connectivity index (χ4n) is 4.65. The maximum absolute atomic E-state index is 6.63. The molecule has 4 heteroatoms. The number of halogens is 1. The summed E-state index contributed by atoms with van der Waals surface area (Å²) in [5.41, 5.74) is 4.42. The SMILES string of the molecule is Cc1cc(Cl)cc(-c2ccnc3ccsc23)c1OC1CC2CCC1C2. The molecule has 2 aliphatic rings. The van der Waals surface area contributed by atoms with Crippen LogP contribution >= 0.6 is 22.9 Å². The first-order valence-electron chi connectivity index (χ1n) is 8.98. The molecule has 128 valence electrons. The van der Waals surface area contributed by atoms with Crippen molar-refractivity contribution < 1.29 is 4.74 Å². The van der Waals surface area contributed by atoms with E-state index in [4.69, 9.17) is 16.3 Å². The van der Waals surface area contributed by atoms with Crippen LogP contribution in [0.1, 0.15) is 31.2 Å². The number of pyridine rings is 1. The summed E-state index contributed by atoms with van der Waals surface area (Å²) < 4.78 is 7.83. The average molecular weight is 370 g/mol. The van der Waals surface area contributed by atoms with Crippen LogP contribution < -0.4 is 4.74 Å². The van der Waals surface area contributed by atoms with E-state index in [1.54, 1.807) is 11.3 Å². The fourth-order valence-corrected chi connectivity index (χ4v) is 5.81. The van der Waals surface area contributed by atoms with E-state index in [0.717, 1.165) is 39.3 Å². The van der Waals surface area contributed by atoms with Crippen LogP contribution in [0.3, 0.4) is 0 Å². The van der Waals surface area contributed by atoms with Crippen molar-refractivity contribution in [3.8, 4) is 16.9 Å². The van der Waals surface area contributed by atoms with Crippen molar-refractivity contribution in [2.75, 3.05) is 0 Å². The van der Waals surface area contributed by atoms with Crippen molar-refractivity contribution in [3.05, 3.63) is 46.4 Å². The van der Waals surface area contributed by atoms with Gasteiger partial charge in [-0.3, -0.25) is 4.98 Å². The smallest absolute Gasteiger partial charge is 0.130 e. The van der Waals surface area contributed by atoms with Crippen LogP contribution in [-0.2, 0) is 0 Å². The second-order valence-electron chi connectivity index (χ2n) is 7.42. The van der Waals surface area contributed by atoms with Crippen LogP contribution in [-0.4, -0.2) is 11.1 Å². The van der Waals surface area contributed by atoms with E-state index >= 15 is 0 Å². The normalized spacial score (nSPS) is 25.0. The number of fused-ring (bicyclic) bond motifs is 3. The molecular formula is C21H20ClNOS. The summed E-state index contributed by atoms with van der Waals surface area (Å²) in [6, 6.07) is 8.21. The van der Waals surface area contributed by atoms with Crippen LogP contribution in [0.15, 0.2) is 35.8 Å². The molecule has 3 unspecified atom stereocenters. The number of hydrogen-bond donors (Lipinski definition) is 0. The van der Waals surface area contributed by atoms with Gasteiger partial charge < -0.3 is 4.74 Å². The highest BCUT2D eigenvalue weighted by Gasteiger charge is 2.41. The zero-order chi connectivity index (χ0) is 17.0. The molecule has 2 fully saturated rings. The van der Waals surface area contributed by atoms with Gasteiger partial charge in [-0.05, 0) is 79.7 Å². The maximum atomic E-state index is 6.63. The monoisotopic (exact) mass is 369 g/mol. The zero-order valence-corrected chi connectivity index (χ0v) is 15.7. The van der Waals surface area contributed by atoms with E-state index < -0.39 is 0 Å². The highest BCUT2D eigenvalue weighted by Crippen LogP contribution is 2.48. The Morgan fingerprint density at radius 1 is 1.16 bits per heavy atom. The van der Waals surface area contributed by atoms with Gasteiger partial charge >= 0.3 is 0 Å². The number of benzene rings is 1. The molecule has 2 nitrogen and oxygen atoms in total. The molecule has 3 aromatic rings. The van der Waals surface area contributed by atoms with Crippen molar-refractivity contribution in [1.29, 1.82) is 0 Å². The highest BCUT2D eigenvalue weighted by atomic mass is 35.5. The van der Waals surface area contributed by atoms with Crippen LogP contribution in [0.25, 0.3) is 21.3 Å². The zero-order valence-electron chi connectivity index (χ0n) is 14.2. The van der Waals surface area contributed by atoms with E-state index in [-0.39, 0.29) is 0 Å². The first-order chi connectivity index (χ1) is 12.2. The molecule has 0 amide bonds. The van der Waals surface area contributed by atoms with Gasteiger partial charge in [-0.25, -0.2) is 0 Å². The van der Waals surface area contributed by atoms with Crippen molar-refractivity contribution in [2.24, 2.45) is 11.8 Å². The summed E-state index contributed by atoms with van der Waals surface area (Å²) in [5, 5.41) is 2.85. The molecule has 5 rings (SSSR count). The predicted molar refractivity (Wildman–Crippen MR) is 105 cm³/mol. The first-order valence-corrected chi connectivity index (χ1v) is 10.2. The lowest BCUT2D eigenvalue weighted by Crippen LogP contribution is -2.24. The molecule has 25 heavy (non-hydrogen) atoms. The maximum Gasteiger partial charge on any atom is 0.130 e. The lowest BCUT2D eigenvalue weighted by atomic mass is 9.97. The minimum atomic E-state index is 0.359. The Morgan fingerprint density at radius 2 is 2.08 bits per heavy atom. The van der Waals surface area contributed by atoms with Crippen molar-refractivity contribution in [1.82, 2.24) is 4.98 Å². The van der Waals surface area contributed by atoms with E-state index in [1.807, 2.05) is 18.3 Å². The molecule has 0 N–H and O–H groups in total. The van der Waals surface area contributed by atoms with Gasteiger partial charge in [0, 0.05) is 22.3 Å². The molecule has 1 aromatic carbocycles. The van der Waals surface area contributed by atoms with Crippen LogP contribution in [0.5, 0.6) is 5.75 Å². The molecule has 0 spiro atoms. The quantitative estimate of drug-likeness (QED) is 0.526. The second-order valence-corrected chi connectivity index (χ2v) is 8.78. The van der Waals surface area contributed by atoms with Gasteiger partial charge in [-0.2, -0.15) is 0 Å². The Kier molecular flexibility index (Phi) is 3.76. The van der Waals surface area contributed by atoms with E-state index in [1.165, 1.54) is 35.9 Å². The van der Waals surface area contributed by atoms with Crippen LogP contribution in [0.4, 0.5) is 0 Å². The summed E-state index contributed by atoms with van der Waals surface area (Å²) in [6.07, 6.45) is 7.49. The Labute approximate surface area is 156 Å². The largest absolute Gasteiger partial charge is 0.489 e. The van der Waals surface area contributed by atoms with Crippen molar-refractivity contribution in [3.63, 3.8) is 0 Å². The van der Waals surface area contributed by atoms with Crippen LogP contribution in [0.2, 0.25) is 5.02 Å². The Balaban J connectivity index is 1.62. The number of rotatable bonds is 3. The summed E-state index contributed by atoms with van der Waals surface area (Å²) in [4.78, 5) is 4.47. The van der Waals surface area contributed by atoms with Gasteiger partial charge in [-0.15, -0.1) is 11.3 Å². The Hall–Kier alpha value is -1.58. The number of aromatic nitrogens is 1. The molecule has 2 heterocycles. The third-order valence-electron chi connectivity index (χ3n) is 5.82. The first kappa shape index (κ1) is 15.7. The van der Waals surface area contributed by atoms with Gasteiger partial charge in [0.25, 0.3) is 0 Å². The molecule has 3 atom stereocenters. The molecule has 2 aromatic heterocycles. The van der Waals surface area contributed by atoms with Gasteiger partial charge in [0.15, 0.2) is 0 Å². The Morgan fingerprint density at radius 3 is 2.88 bits per heavy atom. The number of thiophene rings is 1. The average Bonchev–Trinajstić information content (AvgIpc) is 3.32. The van der Waals surface area contributed by atoms with Crippen LogP contribution in [0, 0.1) is 18.8 Å². The van der Waals surface area contributed by atoms with Gasteiger partial charge in [0.2, 0.25) is 0 Å². The summed E-state index contributed by atoms with van der Waals surface area (Å²) in [7, 11) is 0. The lowest BCUT2D eigenvalue weighted by Gasteiger charge is -2.26. The standard InChI is InChI=1S/C21H20ClNOS/c1-12-8-15(22)11-17(16-4-6-23-18-5-7-25-21(16)18)20(12)24-19-10-13-2-3-14(19)9-13/h4-8,11,13-14,19H,2-3,9-10H2,1H3. The molecular weight excluding hydrogens is 350 g/mol. The lowest BCUT2D eigenvalue weighted by molar-refractivity contribution is 0.138. The summed E-state index contributed by atoms with van der Waals surface area (Å²) in [5.74, 6) is 2.60. The molecule has 2 saturated carbocycles. The third-order valence-corrected chi connectivity index (χ3v) is 6.97. The number of aryl methyl sites for hydroxylation is 1. The topological polar surface area (TPSA) is 22.1 Å². The fraction of sp³-hybridized carbons (Fsp3) is 0.381. The molecule has 2 aliphatic carbocycles. The van der Waals surface area contributed by atoms with Gasteiger partial charge in [0.1, 0.15) is 11.9 Å². The number of nitrogens with zero attached hydrogens (tertiary/aromatic N) is 1. The predicted octanol–water partition coefficient (Wildman–Crippen LogP) is 6.49. The Bertz CT molecular complexity index is 950. The summed E-state index contributed by atoms with van der Waals surface area (Å²) in [6.45, 7) is 2.10. The third kappa shape index (κ3) is 2.65. The van der Waals surface area contributed by atoms with Crippen molar-refractivity contribution in [2.45, 2.75) is 38.7 Å². The molecule has 0 saturated heterocycles. The highest BCUT2D eigenvalue weighted by molar-refractivity contribution is 7.17. The van der Waals surface area contributed by atoms with Gasteiger partial charge in [-0.1, -0.05) is 11.6 Å². The summed E-state index contributed by atoms with van der Waals surface area (Å²) >= 11 is 8.13.